The third-order valence-corrected chi connectivity index (χ3v) is 10.7. The maximum Gasteiger partial charge on any atom is 0.0612 e. The van der Waals surface area contributed by atoms with Gasteiger partial charge >= 0.3 is 0 Å². The Labute approximate surface area is 187 Å². The lowest BCUT2D eigenvalue weighted by Crippen LogP contribution is -2.51. The van der Waals surface area contributed by atoms with E-state index in [9.17, 15) is 0 Å². The molecule has 0 aromatic carbocycles. The maximum atomic E-state index is 6.04. The van der Waals surface area contributed by atoms with Crippen LogP contribution in [0.15, 0.2) is 11.6 Å². The summed E-state index contributed by atoms with van der Waals surface area (Å²) < 4.78 is 6.04. The molecule has 3 fully saturated rings. The third-order valence-electron chi connectivity index (χ3n) is 10.7. The zero-order chi connectivity index (χ0) is 21.5. The fourth-order valence-electron chi connectivity index (χ4n) is 9.03. The molecule has 0 aromatic rings. The van der Waals surface area contributed by atoms with Crippen molar-refractivity contribution >= 4 is 0 Å². The van der Waals surface area contributed by atoms with Crippen molar-refractivity contribution in [1.82, 2.24) is 0 Å². The highest BCUT2D eigenvalue weighted by molar-refractivity contribution is 5.25. The first-order chi connectivity index (χ1) is 14.3. The smallest absolute Gasteiger partial charge is 0.0612 e. The average Bonchev–Trinajstić information content (AvgIpc) is 3.05. The van der Waals surface area contributed by atoms with E-state index in [1.54, 1.807) is 5.57 Å². The Morgan fingerprint density at radius 2 is 1.80 bits per heavy atom. The van der Waals surface area contributed by atoms with E-state index < -0.39 is 0 Å². The average molecular weight is 415 g/mol. The second kappa shape index (κ2) is 8.92. The van der Waals surface area contributed by atoms with Gasteiger partial charge in [0, 0.05) is 6.61 Å². The van der Waals surface area contributed by atoms with Crippen molar-refractivity contribution in [1.29, 1.82) is 0 Å². The fourth-order valence-corrected chi connectivity index (χ4v) is 9.03. The molecular weight excluding hydrogens is 364 g/mol. The molecule has 0 aliphatic heterocycles. The van der Waals surface area contributed by atoms with Gasteiger partial charge in [0.25, 0.3) is 0 Å². The van der Waals surface area contributed by atoms with E-state index in [0.717, 1.165) is 42.1 Å². The molecule has 4 aliphatic rings. The van der Waals surface area contributed by atoms with Gasteiger partial charge < -0.3 is 4.74 Å². The quantitative estimate of drug-likeness (QED) is 0.380. The van der Waals surface area contributed by atoms with Gasteiger partial charge in [-0.1, -0.05) is 65.5 Å². The minimum atomic E-state index is 0.471. The van der Waals surface area contributed by atoms with Crippen LogP contribution in [0.1, 0.15) is 112 Å². The molecule has 0 saturated heterocycles. The Hall–Kier alpha value is -0.300. The van der Waals surface area contributed by atoms with E-state index in [1.165, 1.54) is 70.6 Å². The van der Waals surface area contributed by atoms with Crippen molar-refractivity contribution < 1.29 is 4.74 Å². The van der Waals surface area contributed by atoms with Crippen LogP contribution in [0.2, 0.25) is 0 Å². The zero-order valence-electron chi connectivity index (χ0n) is 21.0. The molecule has 30 heavy (non-hydrogen) atoms. The Bertz CT molecular complexity index is 620. The highest BCUT2D eigenvalue weighted by Crippen LogP contribution is 2.67. The standard InChI is InChI=1S/C29H50O/c1-7-30-23-15-17-28(5)22(19-23)11-12-24-26-14-13-25(21(4)10-8-9-20(2)3)29(26,6)18-16-27(24)28/h11,20-21,23-27H,7-10,12-19H2,1-6H3/t21-,23-,24+,25-,26+,27+,28-,29+/m0/s1. The van der Waals surface area contributed by atoms with E-state index in [2.05, 4.69) is 47.6 Å². The minimum Gasteiger partial charge on any atom is -0.378 e. The van der Waals surface area contributed by atoms with Gasteiger partial charge in [0.05, 0.1) is 6.10 Å². The predicted molar refractivity (Wildman–Crippen MR) is 128 cm³/mol. The van der Waals surface area contributed by atoms with Crippen molar-refractivity contribution in [2.24, 2.45) is 46.3 Å². The van der Waals surface area contributed by atoms with Gasteiger partial charge in [-0.15, -0.1) is 0 Å². The first-order valence-corrected chi connectivity index (χ1v) is 13.6. The molecule has 1 nitrogen and oxygen atoms in total. The van der Waals surface area contributed by atoms with Crippen LogP contribution in [0.3, 0.4) is 0 Å². The second-order valence-electron chi connectivity index (χ2n) is 12.6. The molecule has 8 atom stereocenters. The van der Waals surface area contributed by atoms with Crippen LogP contribution >= 0.6 is 0 Å². The molecule has 0 amide bonds. The van der Waals surface area contributed by atoms with E-state index in [4.69, 9.17) is 4.74 Å². The van der Waals surface area contributed by atoms with Crippen molar-refractivity contribution in [3.05, 3.63) is 11.6 Å². The predicted octanol–water partition coefficient (Wildman–Crippen LogP) is 8.43. The largest absolute Gasteiger partial charge is 0.378 e. The monoisotopic (exact) mass is 414 g/mol. The summed E-state index contributed by atoms with van der Waals surface area (Å²) in [5.41, 5.74) is 2.86. The van der Waals surface area contributed by atoms with Gasteiger partial charge in [-0.25, -0.2) is 0 Å². The molecule has 0 heterocycles. The van der Waals surface area contributed by atoms with Gasteiger partial charge in [-0.2, -0.15) is 0 Å². The summed E-state index contributed by atoms with van der Waals surface area (Å²) in [5.74, 6) is 5.63. The maximum absolute atomic E-state index is 6.04. The summed E-state index contributed by atoms with van der Waals surface area (Å²) in [7, 11) is 0. The molecule has 172 valence electrons. The molecule has 0 aromatic heterocycles. The van der Waals surface area contributed by atoms with Crippen LogP contribution in [0, 0.1) is 46.3 Å². The lowest BCUT2D eigenvalue weighted by atomic mass is 9.47. The Balaban J connectivity index is 1.47. The SMILES string of the molecule is CCO[C@H]1CC[C@@]2(C)C(=CC[C@@H]3[C@H]4CC[C@@H]([C@@H](C)CCCC(C)C)[C@@]4(C)CC[C@H]32)C1. The van der Waals surface area contributed by atoms with Crippen molar-refractivity contribution in [2.45, 2.75) is 118 Å². The number of ether oxygens (including phenoxy) is 1. The van der Waals surface area contributed by atoms with Crippen molar-refractivity contribution in [3.8, 4) is 0 Å². The fraction of sp³-hybridized carbons (Fsp3) is 0.931. The topological polar surface area (TPSA) is 9.23 Å². The molecule has 0 N–H and O–H groups in total. The van der Waals surface area contributed by atoms with Crippen molar-refractivity contribution in [3.63, 3.8) is 0 Å². The summed E-state index contributed by atoms with van der Waals surface area (Å²) in [4.78, 5) is 0. The van der Waals surface area contributed by atoms with Gasteiger partial charge in [0.1, 0.15) is 0 Å². The van der Waals surface area contributed by atoms with Gasteiger partial charge in [-0.05, 0) is 105 Å². The summed E-state index contributed by atoms with van der Waals surface area (Å²) in [6.07, 6.45) is 18.7. The number of fused-ring (bicyclic) bond motifs is 5. The van der Waals surface area contributed by atoms with E-state index in [0.29, 0.717) is 16.9 Å². The first-order valence-electron chi connectivity index (χ1n) is 13.6. The summed E-state index contributed by atoms with van der Waals surface area (Å²) in [6, 6.07) is 0. The highest BCUT2D eigenvalue weighted by atomic mass is 16.5. The molecule has 4 aliphatic carbocycles. The van der Waals surface area contributed by atoms with Crippen LogP contribution in [0.25, 0.3) is 0 Å². The summed E-state index contributed by atoms with van der Waals surface area (Å²) in [6.45, 7) is 15.7. The van der Waals surface area contributed by atoms with Crippen LogP contribution in [-0.2, 0) is 4.74 Å². The Kier molecular flexibility index (Phi) is 6.80. The lowest BCUT2D eigenvalue weighted by Gasteiger charge is -2.58. The third kappa shape index (κ3) is 3.95. The number of rotatable bonds is 7. The zero-order valence-corrected chi connectivity index (χ0v) is 21.0. The second-order valence-corrected chi connectivity index (χ2v) is 12.6. The van der Waals surface area contributed by atoms with Crippen LogP contribution < -0.4 is 0 Å². The Morgan fingerprint density at radius 1 is 1.00 bits per heavy atom. The molecule has 0 spiro atoms. The molecule has 0 unspecified atom stereocenters. The van der Waals surface area contributed by atoms with Crippen LogP contribution in [0.5, 0.6) is 0 Å². The van der Waals surface area contributed by atoms with E-state index >= 15 is 0 Å². The molecular formula is C29H50O. The number of hydrogen-bond donors (Lipinski definition) is 0. The molecule has 3 saturated carbocycles. The van der Waals surface area contributed by atoms with Crippen LogP contribution in [0.4, 0.5) is 0 Å². The molecule has 0 bridgehead atoms. The lowest BCUT2D eigenvalue weighted by molar-refractivity contribution is -0.0630. The molecule has 0 radical (unpaired) electrons. The Morgan fingerprint density at radius 3 is 2.53 bits per heavy atom. The van der Waals surface area contributed by atoms with Gasteiger partial charge in [-0.3, -0.25) is 0 Å². The number of hydrogen-bond acceptors (Lipinski definition) is 1. The summed E-state index contributed by atoms with van der Waals surface area (Å²) in [5, 5.41) is 0. The summed E-state index contributed by atoms with van der Waals surface area (Å²) >= 11 is 0. The van der Waals surface area contributed by atoms with Crippen LogP contribution in [-0.4, -0.2) is 12.7 Å². The minimum absolute atomic E-state index is 0.471. The normalized spacial score (nSPS) is 44.2. The van der Waals surface area contributed by atoms with Crippen molar-refractivity contribution in [2.75, 3.05) is 6.61 Å². The molecule has 4 rings (SSSR count). The van der Waals surface area contributed by atoms with Gasteiger partial charge in [0.15, 0.2) is 0 Å². The van der Waals surface area contributed by atoms with Gasteiger partial charge in [0.2, 0.25) is 0 Å². The number of allylic oxidation sites excluding steroid dienone is 1. The highest BCUT2D eigenvalue weighted by Gasteiger charge is 2.59. The van der Waals surface area contributed by atoms with E-state index in [1.807, 2.05) is 0 Å². The first kappa shape index (κ1) is 22.9. The molecule has 1 heteroatoms. The van der Waals surface area contributed by atoms with E-state index in [-0.39, 0.29) is 0 Å².